The third-order valence-corrected chi connectivity index (χ3v) is 8.79. The highest BCUT2D eigenvalue weighted by Crippen LogP contribution is 2.79. The molecule has 0 saturated heterocycles. The number of para-hydroxylation sites is 2. The van der Waals surface area contributed by atoms with Crippen molar-refractivity contribution in [3.63, 3.8) is 0 Å². The fraction of sp³-hybridized carbons (Fsp3) is 0.452. The summed E-state index contributed by atoms with van der Waals surface area (Å²) in [7, 11) is 0. The molecule has 0 amide bonds. The van der Waals surface area contributed by atoms with Crippen LogP contribution in [-0.4, -0.2) is 29.3 Å². The molecular weight excluding hydrogens is 484 g/mol. The fourth-order valence-electron chi connectivity index (χ4n) is 6.90. The average Bonchev–Trinajstić information content (AvgIpc) is 3.73. The highest BCUT2D eigenvalue weighted by molar-refractivity contribution is 6.28. The number of ether oxygens (including phenoxy) is 2. The lowest BCUT2D eigenvalue weighted by molar-refractivity contribution is -0.158. The molecule has 0 aromatic heterocycles. The molecule has 2 aliphatic carbocycles. The van der Waals surface area contributed by atoms with Crippen LogP contribution in [0.2, 0.25) is 0 Å². The third-order valence-electron chi connectivity index (χ3n) is 8.79. The van der Waals surface area contributed by atoms with Crippen LogP contribution >= 0.6 is 0 Å². The van der Waals surface area contributed by atoms with E-state index in [1.165, 1.54) is 0 Å². The molecule has 0 spiro atoms. The van der Waals surface area contributed by atoms with Crippen molar-refractivity contribution in [1.29, 1.82) is 0 Å². The van der Waals surface area contributed by atoms with Gasteiger partial charge < -0.3 is 9.47 Å². The highest BCUT2D eigenvalue weighted by Gasteiger charge is 2.90. The van der Waals surface area contributed by atoms with Crippen molar-refractivity contribution < 1.29 is 33.4 Å². The summed E-state index contributed by atoms with van der Waals surface area (Å²) in [4.78, 5) is 70.0. The van der Waals surface area contributed by atoms with E-state index >= 15 is 0 Å². The van der Waals surface area contributed by atoms with Crippen molar-refractivity contribution in [2.75, 3.05) is 0 Å². The molecule has 38 heavy (non-hydrogen) atoms. The maximum absolute atomic E-state index is 14.9. The summed E-state index contributed by atoms with van der Waals surface area (Å²) in [6, 6.07) is 13.7. The van der Waals surface area contributed by atoms with Crippen molar-refractivity contribution in [1.82, 2.24) is 0 Å². The largest absolute Gasteiger partial charge is 0.425 e. The van der Waals surface area contributed by atoms with Gasteiger partial charge in [0.05, 0.1) is 11.8 Å². The van der Waals surface area contributed by atoms with Crippen molar-refractivity contribution in [3.05, 3.63) is 59.7 Å². The van der Waals surface area contributed by atoms with E-state index in [1.807, 2.05) is 0 Å². The number of hydrogen-bond donors (Lipinski definition) is 0. The quantitative estimate of drug-likeness (QED) is 0.338. The molecule has 2 aliphatic heterocycles. The Morgan fingerprint density at radius 2 is 0.974 bits per heavy atom. The van der Waals surface area contributed by atoms with Crippen LogP contribution in [0.15, 0.2) is 48.5 Å². The van der Waals surface area contributed by atoms with Crippen LogP contribution in [0.4, 0.5) is 0 Å². The van der Waals surface area contributed by atoms with Crippen LogP contribution in [-0.2, 0) is 24.0 Å². The second kappa shape index (κ2) is 7.28. The Balaban J connectivity index is 1.56. The molecule has 6 atom stereocenters. The van der Waals surface area contributed by atoms with Gasteiger partial charge in [-0.05, 0) is 12.1 Å². The first-order valence-corrected chi connectivity index (χ1v) is 13.0. The number of esters is 2. The Hall–Kier alpha value is -3.61. The van der Waals surface area contributed by atoms with Gasteiger partial charge in [-0.3, -0.25) is 24.0 Å². The van der Waals surface area contributed by atoms with Gasteiger partial charge in [-0.15, -0.1) is 0 Å². The fourth-order valence-corrected chi connectivity index (χ4v) is 6.90. The van der Waals surface area contributed by atoms with Crippen LogP contribution in [0.3, 0.4) is 0 Å². The van der Waals surface area contributed by atoms with E-state index in [0.717, 1.165) is 0 Å². The number of fused-ring (bicyclic) bond motifs is 6. The normalized spacial score (nSPS) is 32.5. The smallest absolute Gasteiger partial charge is 0.326 e. The highest BCUT2D eigenvalue weighted by atomic mass is 16.5. The van der Waals surface area contributed by atoms with E-state index in [1.54, 1.807) is 90.1 Å². The molecule has 2 saturated carbocycles. The number of hydrogen-bond acceptors (Lipinski definition) is 7. The lowest BCUT2D eigenvalue weighted by atomic mass is 9.76. The maximum atomic E-state index is 14.9. The predicted octanol–water partition coefficient (Wildman–Crippen LogP) is 4.42. The van der Waals surface area contributed by atoms with Gasteiger partial charge in [-0.25, -0.2) is 0 Å². The molecule has 7 nitrogen and oxygen atoms in total. The summed E-state index contributed by atoms with van der Waals surface area (Å²) in [5.74, 6) is -5.89. The van der Waals surface area contributed by atoms with Crippen molar-refractivity contribution in [2.24, 2.45) is 33.5 Å². The number of benzene rings is 2. The second-order valence-corrected chi connectivity index (χ2v) is 13.1. The summed E-state index contributed by atoms with van der Waals surface area (Å²) >= 11 is 0. The third kappa shape index (κ3) is 2.82. The van der Waals surface area contributed by atoms with Crippen molar-refractivity contribution >= 4 is 29.3 Å². The Bertz CT molecular complexity index is 1360. The zero-order chi connectivity index (χ0) is 27.6. The van der Waals surface area contributed by atoms with E-state index in [-0.39, 0.29) is 11.6 Å². The molecule has 0 N–H and O–H groups in total. The van der Waals surface area contributed by atoms with Crippen LogP contribution in [0.5, 0.6) is 11.5 Å². The standard InChI is InChI=1S/C31H30O7/c1-28(2,3)23(32)21-19-15-11-7-9-13-17(15)37-26(35)30(19,21)25(34)31-20(22(31)24(33)29(4,5)6)16-12-8-10-14-18(16)38-27(31)36/h7-14,19-22H,1-6H3/t19-,20+,21-,22+,30-,31-/m0/s1. The van der Waals surface area contributed by atoms with Gasteiger partial charge in [0, 0.05) is 33.8 Å². The van der Waals surface area contributed by atoms with Crippen LogP contribution in [0, 0.1) is 33.5 Å². The summed E-state index contributed by atoms with van der Waals surface area (Å²) in [6.45, 7) is 10.4. The van der Waals surface area contributed by atoms with Gasteiger partial charge in [-0.1, -0.05) is 77.9 Å². The minimum atomic E-state index is -1.89. The minimum Gasteiger partial charge on any atom is -0.425 e. The first-order valence-electron chi connectivity index (χ1n) is 13.0. The SMILES string of the molecule is CC(C)(C)C(=O)[C@@H]1[C@@H]2c3ccccc3OC(=O)[C@]12C(=O)[C@]12C(=O)Oc3ccccc3[C@@H]1[C@@H]2C(=O)C(C)(C)C. The maximum Gasteiger partial charge on any atom is 0.326 e. The van der Waals surface area contributed by atoms with Crippen LogP contribution in [0.25, 0.3) is 0 Å². The molecule has 0 bridgehead atoms. The van der Waals surface area contributed by atoms with Gasteiger partial charge in [-0.2, -0.15) is 0 Å². The Kier molecular flexibility index (Phi) is 4.73. The minimum absolute atomic E-state index is 0.263. The van der Waals surface area contributed by atoms with Gasteiger partial charge in [0.15, 0.2) is 5.78 Å². The molecule has 0 radical (unpaired) electrons. The number of carbonyl (C=O) groups is 5. The number of rotatable bonds is 4. The Labute approximate surface area is 220 Å². The first-order chi connectivity index (χ1) is 17.7. The number of carbonyl (C=O) groups excluding carboxylic acids is 5. The molecule has 2 aromatic carbocycles. The number of ketones is 3. The second-order valence-electron chi connectivity index (χ2n) is 13.1. The lowest BCUT2D eigenvalue weighted by Crippen LogP contribution is -2.48. The monoisotopic (exact) mass is 514 g/mol. The van der Waals surface area contributed by atoms with Gasteiger partial charge in [0.1, 0.15) is 33.9 Å². The van der Waals surface area contributed by atoms with E-state index in [4.69, 9.17) is 9.47 Å². The van der Waals surface area contributed by atoms with E-state index in [2.05, 4.69) is 0 Å². The average molecular weight is 515 g/mol. The lowest BCUT2D eigenvalue weighted by Gasteiger charge is -2.29. The molecule has 2 fully saturated rings. The van der Waals surface area contributed by atoms with Gasteiger partial charge in [0.2, 0.25) is 0 Å². The molecule has 7 heteroatoms. The van der Waals surface area contributed by atoms with Gasteiger partial charge in [0.25, 0.3) is 0 Å². The molecule has 2 heterocycles. The molecular formula is C31H30O7. The predicted molar refractivity (Wildman–Crippen MR) is 135 cm³/mol. The molecule has 2 aromatic rings. The summed E-state index contributed by atoms with van der Waals surface area (Å²) in [5, 5.41) is 0. The van der Waals surface area contributed by atoms with E-state index in [0.29, 0.717) is 22.6 Å². The van der Waals surface area contributed by atoms with E-state index in [9.17, 15) is 24.0 Å². The first kappa shape index (κ1) is 24.7. The number of Topliss-reactive ketones (excluding diaryl/α,β-unsaturated/α-hetero) is 3. The van der Waals surface area contributed by atoms with E-state index < -0.39 is 63.1 Å². The van der Waals surface area contributed by atoms with Crippen molar-refractivity contribution in [2.45, 2.75) is 53.4 Å². The molecule has 0 unspecified atom stereocenters. The topological polar surface area (TPSA) is 104 Å². The van der Waals surface area contributed by atoms with Crippen LogP contribution < -0.4 is 9.47 Å². The zero-order valence-corrected chi connectivity index (χ0v) is 22.3. The molecule has 196 valence electrons. The Morgan fingerprint density at radius 3 is 1.32 bits per heavy atom. The summed E-state index contributed by atoms with van der Waals surface area (Å²) in [5.41, 5.74) is -4.33. The van der Waals surface area contributed by atoms with Crippen molar-refractivity contribution in [3.8, 4) is 11.5 Å². The van der Waals surface area contributed by atoms with Crippen LogP contribution in [0.1, 0.15) is 64.5 Å². The van der Waals surface area contributed by atoms with Gasteiger partial charge >= 0.3 is 11.9 Å². The molecule has 4 aliphatic rings. The summed E-state index contributed by atoms with van der Waals surface area (Å²) in [6.07, 6.45) is 0. The summed E-state index contributed by atoms with van der Waals surface area (Å²) < 4.78 is 11.4. The Morgan fingerprint density at radius 1 is 0.632 bits per heavy atom. The molecule has 6 rings (SSSR count). The zero-order valence-electron chi connectivity index (χ0n) is 22.3.